The third kappa shape index (κ3) is 4.60. The summed E-state index contributed by atoms with van der Waals surface area (Å²) >= 11 is 0. The lowest BCUT2D eigenvalue weighted by atomic mass is 10.1. The van der Waals surface area contributed by atoms with Crippen LogP contribution in [0.25, 0.3) is 0 Å². The van der Waals surface area contributed by atoms with Gasteiger partial charge >= 0.3 is 0 Å². The van der Waals surface area contributed by atoms with Gasteiger partial charge in [0.2, 0.25) is 5.91 Å². The van der Waals surface area contributed by atoms with Crippen LogP contribution in [0.5, 0.6) is 5.75 Å². The van der Waals surface area contributed by atoms with Crippen LogP contribution in [0.3, 0.4) is 0 Å². The Morgan fingerprint density at radius 2 is 1.72 bits per heavy atom. The predicted octanol–water partition coefficient (Wildman–Crippen LogP) is 3.43. The van der Waals surface area contributed by atoms with Crippen LogP contribution in [0, 0.1) is 0 Å². The molecule has 2 amide bonds. The van der Waals surface area contributed by atoms with E-state index in [4.69, 9.17) is 4.74 Å². The second-order valence-electron chi connectivity index (χ2n) is 6.83. The molecule has 3 aromatic rings. The standard InChI is InChI=1S/C23H21N3O3/c27-22(11-14-26-20-3-1-2-4-21(20)29-16-23(26)28)25-19-7-5-17(6-8-19)15-18-9-12-24-13-10-18/h1-10,12-13H,11,14-16H2,(H,25,27). The molecule has 1 N–H and O–H groups in total. The van der Waals surface area contributed by atoms with Crippen LogP contribution < -0.4 is 15.0 Å². The van der Waals surface area contributed by atoms with Crippen molar-refractivity contribution in [2.24, 2.45) is 0 Å². The Hall–Kier alpha value is -3.67. The normalized spacial score (nSPS) is 12.8. The number of carbonyl (C=O) groups excluding carboxylic acids is 2. The summed E-state index contributed by atoms with van der Waals surface area (Å²) in [7, 11) is 0. The van der Waals surface area contributed by atoms with Crippen molar-refractivity contribution >= 4 is 23.2 Å². The molecular formula is C23H21N3O3. The smallest absolute Gasteiger partial charge is 0.265 e. The number of fused-ring (bicyclic) bond motifs is 1. The van der Waals surface area contributed by atoms with E-state index >= 15 is 0 Å². The number of para-hydroxylation sites is 2. The van der Waals surface area contributed by atoms with Crippen molar-refractivity contribution in [1.29, 1.82) is 0 Å². The molecule has 146 valence electrons. The minimum Gasteiger partial charge on any atom is -0.482 e. The third-order valence-electron chi connectivity index (χ3n) is 4.77. The van der Waals surface area contributed by atoms with E-state index in [1.807, 2.05) is 60.7 Å². The molecule has 0 saturated carbocycles. The van der Waals surface area contributed by atoms with Crippen molar-refractivity contribution in [3.8, 4) is 5.75 Å². The molecule has 1 aliphatic heterocycles. The van der Waals surface area contributed by atoms with Gasteiger partial charge in [-0.3, -0.25) is 14.6 Å². The number of amides is 2. The van der Waals surface area contributed by atoms with Crippen molar-refractivity contribution < 1.29 is 14.3 Å². The van der Waals surface area contributed by atoms with Crippen LogP contribution in [0.15, 0.2) is 73.1 Å². The Balaban J connectivity index is 1.33. The third-order valence-corrected chi connectivity index (χ3v) is 4.77. The first kappa shape index (κ1) is 18.7. The molecule has 6 nitrogen and oxygen atoms in total. The number of anilines is 2. The van der Waals surface area contributed by atoms with Crippen LogP contribution in [0.2, 0.25) is 0 Å². The van der Waals surface area contributed by atoms with Gasteiger partial charge in [0.05, 0.1) is 5.69 Å². The Labute approximate surface area is 169 Å². The second-order valence-corrected chi connectivity index (χ2v) is 6.83. The van der Waals surface area contributed by atoms with Gasteiger partial charge in [-0.05, 0) is 53.9 Å². The molecule has 0 spiro atoms. The Morgan fingerprint density at radius 3 is 2.52 bits per heavy atom. The molecule has 4 rings (SSSR count). The molecule has 1 aromatic heterocycles. The first-order valence-electron chi connectivity index (χ1n) is 9.49. The first-order valence-corrected chi connectivity index (χ1v) is 9.49. The number of hydrogen-bond acceptors (Lipinski definition) is 4. The summed E-state index contributed by atoms with van der Waals surface area (Å²) in [6, 6.07) is 19.1. The van der Waals surface area contributed by atoms with E-state index in [0.29, 0.717) is 18.0 Å². The molecular weight excluding hydrogens is 366 g/mol. The molecule has 0 aliphatic carbocycles. The van der Waals surface area contributed by atoms with E-state index in [2.05, 4.69) is 10.3 Å². The summed E-state index contributed by atoms with van der Waals surface area (Å²) in [5.41, 5.74) is 3.79. The highest BCUT2D eigenvalue weighted by Crippen LogP contribution is 2.31. The van der Waals surface area contributed by atoms with Crippen molar-refractivity contribution in [3.63, 3.8) is 0 Å². The molecule has 6 heteroatoms. The van der Waals surface area contributed by atoms with Gasteiger partial charge in [-0.15, -0.1) is 0 Å². The zero-order valence-electron chi connectivity index (χ0n) is 15.9. The quantitative estimate of drug-likeness (QED) is 0.703. The van der Waals surface area contributed by atoms with Gasteiger partial charge in [0.25, 0.3) is 5.91 Å². The zero-order valence-corrected chi connectivity index (χ0v) is 15.9. The van der Waals surface area contributed by atoms with E-state index in [1.54, 1.807) is 17.3 Å². The van der Waals surface area contributed by atoms with E-state index in [0.717, 1.165) is 17.7 Å². The van der Waals surface area contributed by atoms with E-state index in [1.165, 1.54) is 5.56 Å². The Morgan fingerprint density at radius 1 is 1.00 bits per heavy atom. The predicted molar refractivity (Wildman–Crippen MR) is 111 cm³/mol. The van der Waals surface area contributed by atoms with Gasteiger partial charge < -0.3 is 15.0 Å². The molecule has 1 aliphatic rings. The maximum absolute atomic E-state index is 12.4. The number of hydrogen-bond donors (Lipinski definition) is 1. The summed E-state index contributed by atoms with van der Waals surface area (Å²) < 4.78 is 5.43. The fraction of sp³-hybridized carbons (Fsp3) is 0.174. The molecule has 0 bridgehead atoms. The lowest BCUT2D eigenvalue weighted by molar-refractivity contribution is -0.121. The minimum atomic E-state index is -0.142. The van der Waals surface area contributed by atoms with E-state index in [9.17, 15) is 9.59 Å². The minimum absolute atomic E-state index is 0.00241. The number of benzene rings is 2. The highest BCUT2D eigenvalue weighted by molar-refractivity contribution is 5.99. The van der Waals surface area contributed by atoms with Crippen molar-refractivity contribution in [1.82, 2.24) is 4.98 Å². The van der Waals surface area contributed by atoms with E-state index in [-0.39, 0.29) is 24.8 Å². The monoisotopic (exact) mass is 387 g/mol. The summed E-state index contributed by atoms with van der Waals surface area (Å²) in [6.07, 6.45) is 4.58. The maximum Gasteiger partial charge on any atom is 0.265 e. The van der Waals surface area contributed by atoms with E-state index < -0.39 is 0 Å². The molecule has 0 unspecified atom stereocenters. The summed E-state index contributed by atoms with van der Waals surface area (Å²) in [5, 5.41) is 2.89. The lowest BCUT2D eigenvalue weighted by Gasteiger charge is -2.29. The molecule has 2 aromatic carbocycles. The maximum atomic E-state index is 12.4. The second kappa shape index (κ2) is 8.56. The number of rotatable bonds is 6. The summed E-state index contributed by atoms with van der Waals surface area (Å²) in [4.78, 5) is 30.2. The number of aromatic nitrogens is 1. The van der Waals surface area contributed by atoms with Crippen LogP contribution in [-0.2, 0) is 16.0 Å². The average Bonchev–Trinajstić information content (AvgIpc) is 2.75. The largest absolute Gasteiger partial charge is 0.482 e. The number of nitrogens with one attached hydrogen (secondary N) is 1. The van der Waals surface area contributed by atoms with Gasteiger partial charge in [-0.2, -0.15) is 0 Å². The van der Waals surface area contributed by atoms with Crippen molar-refractivity contribution in [2.45, 2.75) is 12.8 Å². The highest BCUT2D eigenvalue weighted by Gasteiger charge is 2.25. The van der Waals surface area contributed by atoms with Gasteiger partial charge in [-0.1, -0.05) is 24.3 Å². The molecule has 0 atom stereocenters. The van der Waals surface area contributed by atoms with Crippen LogP contribution in [0.1, 0.15) is 17.5 Å². The van der Waals surface area contributed by atoms with Crippen LogP contribution in [0.4, 0.5) is 11.4 Å². The van der Waals surface area contributed by atoms with Crippen molar-refractivity contribution in [2.75, 3.05) is 23.4 Å². The number of nitrogens with zero attached hydrogens (tertiary/aromatic N) is 2. The van der Waals surface area contributed by atoms with Gasteiger partial charge in [0.15, 0.2) is 6.61 Å². The fourth-order valence-electron chi connectivity index (χ4n) is 3.28. The summed E-state index contributed by atoms with van der Waals surface area (Å²) in [6.45, 7) is 0.308. The number of carbonyl (C=O) groups is 2. The zero-order chi connectivity index (χ0) is 20.1. The van der Waals surface area contributed by atoms with Gasteiger partial charge in [0.1, 0.15) is 5.75 Å². The van der Waals surface area contributed by atoms with Gasteiger partial charge in [0, 0.05) is 31.0 Å². The SMILES string of the molecule is O=C(CCN1C(=O)COc2ccccc21)Nc1ccc(Cc2ccncc2)cc1. The van der Waals surface area contributed by atoms with Crippen molar-refractivity contribution in [3.05, 3.63) is 84.2 Å². The van der Waals surface area contributed by atoms with Gasteiger partial charge in [-0.25, -0.2) is 0 Å². The lowest BCUT2D eigenvalue weighted by Crippen LogP contribution is -2.40. The first-order chi connectivity index (χ1) is 14.2. The fourth-order valence-corrected chi connectivity index (χ4v) is 3.28. The molecule has 2 heterocycles. The Kier molecular flexibility index (Phi) is 5.52. The molecule has 0 saturated heterocycles. The topological polar surface area (TPSA) is 71.5 Å². The number of pyridine rings is 1. The average molecular weight is 387 g/mol. The Bertz CT molecular complexity index is 1000. The molecule has 0 fully saturated rings. The highest BCUT2D eigenvalue weighted by atomic mass is 16.5. The summed E-state index contributed by atoms with van der Waals surface area (Å²) in [5.74, 6) is 0.387. The van der Waals surface area contributed by atoms with Crippen LogP contribution >= 0.6 is 0 Å². The molecule has 0 radical (unpaired) electrons. The number of ether oxygens (including phenoxy) is 1. The van der Waals surface area contributed by atoms with Crippen LogP contribution in [-0.4, -0.2) is 29.9 Å². The molecule has 29 heavy (non-hydrogen) atoms.